The first-order valence-electron chi connectivity index (χ1n) is 4.62. The predicted octanol–water partition coefficient (Wildman–Crippen LogP) is 1.26. The number of epoxide rings is 1. The molecular weight excluding hydrogens is 156 g/mol. The molecule has 68 valence electrons. The van der Waals surface area contributed by atoms with Crippen molar-refractivity contribution in [3.8, 4) is 0 Å². The Kier molecular flexibility index (Phi) is 1.93. The fourth-order valence-corrected chi connectivity index (χ4v) is 1.88. The molecule has 3 heteroatoms. The summed E-state index contributed by atoms with van der Waals surface area (Å²) in [5.74, 6) is 0.243. The first-order chi connectivity index (χ1) is 5.79. The Morgan fingerprint density at radius 1 is 1.67 bits per heavy atom. The summed E-state index contributed by atoms with van der Waals surface area (Å²) in [6.45, 7) is 2.54. The van der Waals surface area contributed by atoms with Crippen molar-refractivity contribution in [1.29, 1.82) is 0 Å². The van der Waals surface area contributed by atoms with Gasteiger partial charge in [-0.1, -0.05) is 0 Å². The average Bonchev–Trinajstić information content (AvgIpc) is 2.73. The summed E-state index contributed by atoms with van der Waals surface area (Å²) in [5.41, 5.74) is -0.506. The zero-order chi connectivity index (χ0) is 8.60. The Hall–Kier alpha value is -0.410. The van der Waals surface area contributed by atoms with E-state index >= 15 is 0 Å². The minimum Gasteiger partial charge on any atom is -0.350 e. The van der Waals surface area contributed by atoms with Gasteiger partial charge in [0.1, 0.15) is 0 Å². The number of hydrogen-bond acceptors (Lipinski definition) is 3. The van der Waals surface area contributed by atoms with Gasteiger partial charge in [0, 0.05) is 13.0 Å². The fourth-order valence-electron chi connectivity index (χ4n) is 1.88. The molecule has 2 aliphatic rings. The van der Waals surface area contributed by atoms with Gasteiger partial charge >= 0.3 is 0 Å². The van der Waals surface area contributed by atoms with Gasteiger partial charge in [-0.3, -0.25) is 4.79 Å². The van der Waals surface area contributed by atoms with Crippen LogP contribution in [0.3, 0.4) is 0 Å². The smallest absolute Gasteiger partial charge is 0.195 e. The molecule has 0 aromatic heterocycles. The zero-order valence-electron chi connectivity index (χ0n) is 7.34. The van der Waals surface area contributed by atoms with Crippen LogP contribution in [0.25, 0.3) is 0 Å². The Morgan fingerprint density at radius 3 is 3.17 bits per heavy atom. The van der Waals surface area contributed by atoms with E-state index in [1.165, 1.54) is 0 Å². The first kappa shape index (κ1) is 8.20. The van der Waals surface area contributed by atoms with Crippen molar-refractivity contribution in [2.24, 2.45) is 0 Å². The number of carbonyl (C=O) groups is 1. The molecule has 1 aliphatic carbocycles. The van der Waals surface area contributed by atoms with Crippen LogP contribution in [0.2, 0.25) is 0 Å². The predicted molar refractivity (Wildman–Crippen MR) is 42.7 cm³/mol. The lowest BCUT2D eigenvalue weighted by atomic mass is 9.87. The number of hydrogen-bond donors (Lipinski definition) is 0. The minimum atomic E-state index is -0.506. The number of ketones is 1. The van der Waals surface area contributed by atoms with E-state index in [2.05, 4.69) is 0 Å². The van der Waals surface area contributed by atoms with Crippen molar-refractivity contribution in [2.75, 3.05) is 6.61 Å². The fraction of sp³-hybridized carbons (Fsp3) is 0.889. The van der Waals surface area contributed by atoms with Crippen molar-refractivity contribution in [3.63, 3.8) is 0 Å². The summed E-state index contributed by atoms with van der Waals surface area (Å²) in [7, 11) is 0. The molecule has 2 fully saturated rings. The molecule has 0 aromatic carbocycles. The normalized spacial score (nSPS) is 40.4. The second kappa shape index (κ2) is 2.82. The lowest BCUT2D eigenvalue weighted by molar-refractivity contribution is -0.126. The lowest BCUT2D eigenvalue weighted by Gasteiger charge is -2.16. The van der Waals surface area contributed by atoms with Crippen LogP contribution in [0.1, 0.15) is 32.6 Å². The van der Waals surface area contributed by atoms with Crippen LogP contribution < -0.4 is 0 Å². The topological polar surface area (TPSA) is 38.8 Å². The number of Topliss-reactive ketones (excluding diaryl/α,β-unsaturated/α-hetero) is 1. The molecule has 1 saturated carbocycles. The molecule has 0 radical (unpaired) electrons. The third kappa shape index (κ3) is 1.08. The SMILES string of the molecule is CCOC1OC12CCCCC2=O. The van der Waals surface area contributed by atoms with E-state index in [0.717, 1.165) is 19.3 Å². The van der Waals surface area contributed by atoms with Crippen LogP contribution in [-0.2, 0) is 14.3 Å². The molecule has 2 rings (SSSR count). The molecule has 2 atom stereocenters. The van der Waals surface area contributed by atoms with Crippen molar-refractivity contribution in [2.45, 2.75) is 44.5 Å². The Labute approximate surface area is 72.0 Å². The summed E-state index contributed by atoms with van der Waals surface area (Å²) < 4.78 is 10.6. The minimum absolute atomic E-state index is 0.227. The van der Waals surface area contributed by atoms with Gasteiger partial charge in [-0.25, -0.2) is 0 Å². The number of carbonyl (C=O) groups excluding carboxylic acids is 1. The van der Waals surface area contributed by atoms with E-state index in [0.29, 0.717) is 13.0 Å². The van der Waals surface area contributed by atoms with E-state index in [1.54, 1.807) is 0 Å². The molecule has 2 unspecified atom stereocenters. The van der Waals surface area contributed by atoms with Gasteiger partial charge in [-0.2, -0.15) is 0 Å². The van der Waals surface area contributed by atoms with Crippen LogP contribution in [-0.4, -0.2) is 24.3 Å². The maximum absolute atomic E-state index is 11.5. The van der Waals surface area contributed by atoms with Crippen LogP contribution in [0.4, 0.5) is 0 Å². The van der Waals surface area contributed by atoms with Crippen molar-refractivity contribution in [3.05, 3.63) is 0 Å². The third-order valence-electron chi connectivity index (χ3n) is 2.63. The summed E-state index contributed by atoms with van der Waals surface area (Å²) in [4.78, 5) is 11.5. The van der Waals surface area contributed by atoms with Crippen LogP contribution >= 0.6 is 0 Å². The van der Waals surface area contributed by atoms with E-state index in [4.69, 9.17) is 9.47 Å². The maximum atomic E-state index is 11.5. The van der Waals surface area contributed by atoms with E-state index in [-0.39, 0.29) is 12.1 Å². The van der Waals surface area contributed by atoms with Gasteiger partial charge in [-0.15, -0.1) is 0 Å². The largest absolute Gasteiger partial charge is 0.350 e. The molecular formula is C9H14O3. The molecule has 0 bridgehead atoms. The van der Waals surface area contributed by atoms with Gasteiger partial charge in [0.05, 0.1) is 0 Å². The quantitative estimate of drug-likeness (QED) is 0.586. The zero-order valence-corrected chi connectivity index (χ0v) is 7.34. The van der Waals surface area contributed by atoms with Crippen molar-refractivity contribution < 1.29 is 14.3 Å². The van der Waals surface area contributed by atoms with E-state index < -0.39 is 5.60 Å². The molecule has 1 spiro atoms. The monoisotopic (exact) mass is 170 g/mol. The summed E-state index contributed by atoms with van der Waals surface area (Å²) in [6, 6.07) is 0. The molecule has 12 heavy (non-hydrogen) atoms. The summed E-state index contributed by atoms with van der Waals surface area (Å²) in [5, 5.41) is 0. The molecule has 1 aliphatic heterocycles. The van der Waals surface area contributed by atoms with Crippen LogP contribution in [0.15, 0.2) is 0 Å². The Balaban J connectivity index is 1.98. The third-order valence-corrected chi connectivity index (χ3v) is 2.63. The highest BCUT2D eigenvalue weighted by molar-refractivity contribution is 5.90. The summed E-state index contributed by atoms with van der Waals surface area (Å²) in [6.07, 6.45) is 3.41. The summed E-state index contributed by atoms with van der Waals surface area (Å²) >= 11 is 0. The van der Waals surface area contributed by atoms with Gasteiger partial charge in [0.25, 0.3) is 0 Å². The molecule has 0 N–H and O–H groups in total. The molecule has 3 nitrogen and oxygen atoms in total. The second-order valence-corrected chi connectivity index (χ2v) is 3.42. The maximum Gasteiger partial charge on any atom is 0.195 e. The van der Waals surface area contributed by atoms with Gasteiger partial charge in [0.2, 0.25) is 0 Å². The molecule has 0 aromatic rings. The highest BCUT2D eigenvalue weighted by atomic mass is 16.8. The number of ether oxygens (including phenoxy) is 2. The standard InChI is InChI=1S/C9H14O3/c1-2-11-8-9(12-8)6-4-3-5-7(9)10/h8H,2-6H2,1H3. The highest BCUT2D eigenvalue weighted by Crippen LogP contribution is 2.46. The van der Waals surface area contributed by atoms with Gasteiger partial charge in [0.15, 0.2) is 17.7 Å². The Morgan fingerprint density at radius 2 is 2.50 bits per heavy atom. The van der Waals surface area contributed by atoms with Gasteiger partial charge < -0.3 is 9.47 Å². The van der Waals surface area contributed by atoms with E-state index in [9.17, 15) is 4.79 Å². The number of rotatable bonds is 2. The molecule has 0 amide bonds. The highest BCUT2D eigenvalue weighted by Gasteiger charge is 2.63. The van der Waals surface area contributed by atoms with Crippen LogP contribution in [0.5, 0.6) is 0 Å². The molecule has 1 heterocycles. The second-order valence-electron chi connectivity index (χ2n) is 3.42. The van der Waals surface area contributed by atoms with Crippen LogP contribution in [0, 0.1) is 0 Å². The average molecular weight is 170 g/mol. The lowest BCUT2D eigenvalue weighted by Crippen LogP contribution is -2.31. The Bertz CT molecular complexity index is 202. The molecule has 1 saturated heterocycles. The van der Waals surface area contributed by atoms with Crippen molar-refractivity contribution >= 4 is 5.78 Å². The van der Waals surface area contributed by atoms with Crippen molar-refractivity contribution in [1.82, 2.24) is 0 Å². The first-order valence-corrected chi connectivity index (χ1v) is 4.62. The van der Waals surface area contributed by atoms with E-state index in [1.807, 2.05) is 6.92 Å². The van der Waals surface area contributed by atoms with Gasteiger partial charge in [-0.05, 0) is 26.2 Å².